The van der Waals surface area contributed by atoms with Gasteiger partial charge in [0.05, 0.1) is 18.1 Å². The number of nitrogens with zero attached hydrogens (tertiary/aromatic N) is 2. The van der Waals surface area contributed by atoms with Gasteiger partial charge in [0.2, 0.25) is 0 Å². The van der Waals surface area contributed by atoms with E-state index in [1.54, 1.807) is 31.2 Å². The maximum Gasteiger partial charge on any atom is 0.325 e. The summed E-state index contributed by atoms with van der Waals surface area (Å²) in [4.78, 5) is 36.5. The first-order valence-electron chi connectivity index (χ1n) is 9.10. The molecule has 9 nitrogen and oxygen atoms in total. The fourth-order valence-electron chi connectivity index (χ4n) is 3.07. The number of rotatable bonds is 8. The molecule has 152 valence electrons. The van der Waals surface area contributed by atoms with E-state index in [0.29, 0.717) is 17.9 Å². The molecule has 0 bridgehead atoms. The van der Waals surface area contributed by atoms with Gasteiger partial charge >= 0.3 is 6.03 Å². The van der Waals surface area contributed by atoms with Crippen molar-refractivity contribution >= 4 is 17.6 Å². The Morgan fingerprint density at radius 2 is 1.62 bits per heavy atom. The van der Waals surface area contributed by atoms with Gasteiger partial charge in [0.15, 0.2) is 0 Å². The first-order valence-corrected chi connectivity index (χ1v) is 9.10. The van der Waals surface area contributed by atoms with Crippen LogP contribution in [0.3, 0.4) is 0 Å². The minimum atomic E-state index is -1.29. The number of carbonyl (C=O) groups is 2. The van der Waals surface area contributed by atoms with Gasteiger partial charge in [-0.25, -0.2) is 4.79 Å². The first kappa shape index (κ1) is 20.1. The second-order valence-electron chi connectivity index (χ2n) is 6.57. The number of nitro benzene ring substituents is 1. The summed E-state index contributed by atoms with van der Waals surface area (Å²) in [5.74, 6) is 0.887. The highest BCUT2D eigenvalue weighted by Gasteiger charge is 2.48. The maximum absolute atomic E-state index is 12.9. The number of nitrogens with one attached hydrogen (secondary N) is 1. The van der Waals surface area contributed by atoms with Crippen LogP contribution in [0.2, 0.25) is 0 Å². The van der Waals surface area contributed by atoms with Gasteiger partial charge < -0.3 is 14.8 Å². The zero-order valence-electron chi connectivity index (χ0n) is 16.1. The predicted molar refractivity (Wildman–Crippen MR) is 104 cm³/mol. The van der Waals surface area contributed by atoms with Crippen LogP contribution in [0.15, 0.2) is 48.5 Å². The van der Waals surface area contributed by atoms with Gasteiger partial charge in [0.25, 0.3) is 11.6 Å². The molecule has 0 aromatic heterocycles. The van der Waals surface area contributed by atoms with Crippen molar-refractivity contribution in [3.63, 3.8) is 0 Å². The SMILES string of the molecule is CCOc1ccc(OCCN2C(=O)NC(C)(c3ccc([N+](=O)[O-])cc3)C2=O)cc1. The first-order chi connectivity index (χ1) is 13.8. The third kappa shape index (κ3) is 4.13. The zero-order chi connectivity index (χ0) is 21.0. The Balaban J connectivity index is 1.63. The number of benzene rings is 2. The molecular formula is C20H21N3O6. The summed E-state index contributed by atoms with van der Waals surface area (Å²) in [5, 5.41) is 13.5. The quantitative estimate of drug-likeness (QED) is 0.415. The second kappa shape index (κ2) is 8.17. The average Bonchev–Trinajstić information content (AvgIpc) is 2.93. The van der Waals surface area contributed by atoms with Crippen molar-refractivity contribution in [2.75, 3.05) is 19.8 Å². The fraction of sp³-hybridized carbons (Fsp3) is 0.300. The van der Waals surface area contributed by atoms with Crippen LogP contribution in [0.4, 0.5) is 10.5 Å². The van der Waals surface area contributed by atoms with Gasteiger partial charge in [0.1, 0.15) is 23.6 Å². The molecule has 3 amide bonds. The minimum absolute atomic E-state index is 0.0699. The van der Waals surface area contributed by atoms with Crippen LogP contribution >= 0.6 is 0 Å². The van der Waals surface area contributed by atoms with E-state index in [0.717, 1.165) is 10.6 Å². The molecule has 3 rings (SSSR count). The number of ether oxygens (including phenoxy) is 2. The van der Waals surface area contributed by atoms with Gasteiger partial charge in [-0.2, -0.15) is 0 Å². The van der Waals surface area contributed by atoms with E-state index in [9.17, 15) is 19.7 Å². The van der Waals surface area contributed by atoms with Crippen molar-refractivity contribution in [2.45, 2.75) is 19.4 Å². The van der Waals surface area contributed by atoms with Gasteiger partial charge in [-0.1, -0.05) is 0 Å². The zero-order valence-corrected chi connectivity index (χ0v) is 16.1. The summed E-state index contributed by atoms with van der Waals surface area (Å²) in [6, 6.07) is 12.1. The summed E-state index contributed by atoms with van der Waals surface area (Å²) >= 11 is 0. The fourth-order valence-corrected chi connectivity index (χ4v) is 3.07. The van der Waals surface area contributed by atoms with Crippen molar-refractivity contribution in [1.82, 2.24) is 10.2 Å². The van der Waals surface area contributed by atoms with Crippen LogP contribution < -0.4 is 14.8 Å². The van der Waals surface area contributed by atoms with E-state index in [1.165, 1.54) is 24.3 Å². The molecule has 1 N–H and O–H groups in total. The lowest BCUT2D eigenvalue weighted by molar-refractivity contribution is -0.384. The molecule has 1 aliphatic rings. The number of hydrogen-bond donors (Lipinski definition) is 1. The van der Waals surface area contributed by atoms with E-state index in [1.807, 2.05) is 6.92 Å². The van der Waals surface area contributed by atoms with E-state index in [2.05, 4.69) is 5.32 Å². The number of imide groups is 1. The average molecular weight is 399 g/mol. The minimum Gasteiger partial charge on any atom is -0.494 e. The Morgan fingerprint density at radius 1 is 1.03 bits per heavy atom. The van der Waals surface area contributed by atoms with Crippen LogP contribution in [0.5, 0.6) is 11.5 Å². The Bertz CT molecular complexity index is 913. The summed E-state index contributed by atoms with van der Waals surface area (Å²) in [6.45, 7) is 4.23. The molecule has 1 atom stereocenters. The predicted octanol–water partition coefficient (Wildman–Crippen LogP) is 2.84. The molecule has 0 saturated carbocycles. The highest BCUT2D eigenvalue weighted by Crippen LogP contribution is 2.30. The Hall–Kier alpha value is -3.62. The third-order valence-electron chi connectivity index (χ3n) is 4.65. The lowest BCUT2D eigenvalue weighted by atomic mass is 9.92. The molecule has 1 fully saturated rings. The van der Waals surface area contributed by atoms with Crippen LogP contribution in [-0.2, 0) is 10.3 Å². The van der Waals surface area contributed by atoms with Gasteiger partial charge in [-0.05, 0) is 55.8 Å². The molecule has 0 aliphatic carbocycles. The molecule has 1 heterocycles. The number of carbonyl (C=O) groups excluding carboxylic acids is 2. The number of non-ortho nitro benzene ring substituents is 1. The molecule has 0 spiro atoms. The highest BCUT2D eigenvalue weighted by atomic mass is 16.6. The Labute approximate surface area is 167 Å². The Morgan fingerprint density at radius 3 is 2.17 bits per heavy atom. The molecule has 2 aromatic rings. The molecule has 29 heavy (non-hydrogen) atoms. The van der Waals surface area contributed by atoms with E-state index in [4.69, 9.17) is 9.47 Å². The van der Waals surface area contributed by atoms with Crippen molar-refractivity contribution in [2.24, 2.45) is 0 Å². The van der Waals surface area contributed by atoms with Crippen LogP contribution in [-0.4, -0.2) is 41.5 Å². The monoisotopic (exact) mass is 399 g/mol. The van der Waals surface area contributed by atoms with Crippen molar-refractivity contribution < 1.29 is 24.0 Å². The van der Waals surface area contributed by atoms with Crippen LogP contribution in [0.25, 0.3) is 0 Å². The van der Waals surface area contributed by atoms with E-state index in [-0.39, 0.29) is 18.8 Å². The van der Waals surface area contributed by atoms with E-state index < -0.39 is 22.4 Å². The Kier molecular flexibility index (Phi) is 5.67. The molecule has 9 heteroatoms. The second-order valence-corrected chi connectivity index (χ2v) is 6.57. The number of amides is 3. The summed E-state index contributed by atoms with van der Waals surface area (Å²) in [6.07, 6.45) is 0. The summed E-state index contributed by atoms with van der Waals surface area (Å²) < 4.78 is 11.0. The third-order valence-corrected chi connectivity index (χ3v) is 4.65. The van der Waals surface area contributed by atoms with Crippen LogP contribution in [0, 0.1) is 10.1 Å². The largest absolute Gasteiger partial charge is 0.494 e. The van der Waals surface area contributed by atoms with Crippen LogP contribution in [0.1, 0.15) is 19.4 Å². The number of urea groups is 1. The highest BCUT2D eigenvalue weighted by molar-refractivity contribution is 6.07. The van der Waals surface area contributed by atoms with E-state index >= 15 is 0 Å². The lowest BCUT2D eigenvalue weighted by Crippen LogP contribution is -2.41. The molecule has 0 radical (unpaired) electrons. The standard InChI is InChI=1S/C20H21N3O6/c1-3-28-16-8-10-17(11-9-16)29-13-12-22-18(24)20(2,21-19(22)25)14-4-6-15(7-5-14)23(26)27/h4-11H,3,12-13H2,1-2H3,(H,21,25). The maximum atomic E-state index is 12.9. The molecule has 1 unspecified atom stereocenters. The molecule has 1 aliphatic heterocycles. The van der Waals surface area contributed by atoms with Crippen molar-refractivity contribution in [3.8, 4) is 11.5 Å². The summed E-state index contributed by atoms with van der Waals surface area (Å²) in [5.41, 5.74) is -0.906. The molecule has 2 aromatic carbocycles. The van der Waals surface area contributed by atoms with Gasteiger partial charge in [-0.15, -0.1) is 0 Å². The van der Waals surface area contributed by atoms with Gasteiger partial charge in [0, 0.05) is 12.1 Å². The smallest absolute Gasteiger partial charge is 0.325 e. The summed E-state index contributed by atoms with van der Waals surface area (Å²) in [7, 11) is 0. The normalized spacial score (nSPS) is 18.5. The number of nitro groups is 1. The molecular weight excluding hydrogens is 378 g/mol. The van der Waals surface area contributed by atoms with Crippen molar-refractivity contribution in [3.05, 3.63) is 64.2 Å². The number of hydrogen-bond acceptors (Lipinski definition) is 6. The molecule has 1 saturated heterocycles. The topological polar surface area (TPSA) is 111 Å². The van der Waals surface area contributed by atoms with Crippen molar-refractivity contribution in [1.29, 1.82) is 0 Å². The lowest BCUT2D eigenvalue weighted by Gasteiger charge is -2.22. The van der Waals surface area contributed by atoms with Gasteiger partial charge in [-0.3, -0.25) is 19.8 Å².